The normalized spacial score (nSPS) is 21.1. The van der Waals surface area contributed by atoms with Crippen molar-refractivity contribution in [1.29, 1.82) is 0 Å². The Kier molecular flexibility index (Phi) is 11.9. The quantitative estimate of drug-likeness (QED) is 0.331. The third-order valence-corrected chi connectivity index (χ3v) is 9.77. The number of benzene rings is 2. The topological polar surface area (TPSA) is 111 Å². The number of unbranched alkanes of at least 4 members (excludes halogenated alkanes) is 1. The lowest BCUT2D eigenvalue weighted by Crippen LogP contribution is -2.73. The van der Waals surface area contributed by atoms with Gasteiger partial charge in [-0.05, 0) is 67.5 Å². The SMILES string of the molecule is CCCCN1C(=O)[C@@H](CC2(O)CCCCC2)NC(=O)C12CCN(Cc1ccc(OCc3ccc(C(=O)NC)cc3)cc1)CC2.Cl. The number of hydrogen-bond donors (Lipinski definition) is 3. The van der Waals surface area contributed by atoms with E-state index in [0.29, 0.717) is 50.8 Å². The smallest absolute Gasteiger partial charge is 0.251 e. The van der Waals surface area contributed by atoms with Crippen molar-refractivity contribution in [2.24, 2.45) is 0 Å². The molecule has 2 aromatic rings. The molecule has 3 amide bonds. The molecule has 2 heterocycles. The zero-order chi connectivity index (χ0) is 31.2. The molecule has 9 nitrogen and oxygen atoms in total. The molecule has 3 N–H and O–H groups in total. The molecule has 0 radical (unpaired) electrons. The third kappa shape index (κ3) is 8.18. The molecule has 3 aliphatic rings. The summed E-state index contributed by atoms with van der Waals surface area (Å²) in [7, 11) is 1.62. The van der Waals surface area contributed by atoms with Crippen LogP contribution in [0.2, 0.25) is 0 Å². The van der Waals surface area contributed by atoms with Crippen LogP contribution in [-0.4, -0.2) is 76.5 Å². The Morgan fingerprint density at radius 3 is 2.24 bits per heavy atom. The number of carbonyl (C=O) groups excluding carboxylic acids is 3. The summed E-state index contributed by atoms with van der Waals surface area (Å²) in [5.74, 6) is 0.587. The molecular formula is C35H49ClN4O5. The summed E-state index contributed by atoms with van der Waals surface area (Å²) in [6.07, 6.45) is 7.77. The van der Waals surface area contributed by atoms with E-state index >= 15 is 0 Å². The van der Waals surface area contributed by atoms with Crippen molar-refractivity contribution < 1.29 is 24.2 Å². The number of piperidine rings is 1. The van der Waals surface area contributed by atoms with Crippen molar-refractivity contribution >= 4 is 30.1 Å². The lowest BCUT2D eigenvalue weighted by Gasteiger charge is -2.52. The summed E-state index contributed by atoms with van der Waals surface area (Å²) in [5.41, 5.74) is 1.09. The van der Waals surface area contributed by atoms with Crippen LogP contribution in [0, 0.1) is 0 Å². The number of hydrogen-bond acceptors (Lipinski definition) is 6. The summed E-state index contributed by atoms with van der Waals surface area (Å²) in [6.45, 7) is 5.31. The van der Waals surface area contributed by atoms with Gasteiger partial charge in [-0.2, -0.15) is 0 Å². The van der Waals surface area contributed by atoms with E-state index in [-0.39, 0.29) is 30.1 Å². The van der Waals surface area contributed by atoms with E-state index in [1.54, 1.807) is 19.2 Å². The van der Waals surface area contributed by atoms with Crippen LogP contribution in [0.15, 0.2) is 48.5 Å². The maximum absolute atomic E-state index is 13.8. The first-order valence-electron chi connectivity index (χ1n) is 16.4. The van der Waals surface area contributed by atoms with Crippen molar-refractivity contribution in [2.45, 2.75) is 101 Å². The first-order chi connectivity index (χ1) is 21.2. The van der Waals surface area contributed by atoms with E-state index in [4.69, 9.17) is 4.74 Å². The van der Waals surface area contributed by atoms with Crippen LogP contribution in [0.4, 0.5) is 0 Å². The van der Waals surface area contributed by atoms with Gasteiger partial charge in [0, 0.05) is 45.2 Å². The first-order valence-corrected chi connectivity index (χ1v) is 16.4. The van der Waals surface area contributed by atoms with E-state index in [0.717, 1.165) is 68.6 Å². The van der Waals surface area contributed by atoms with Crippen LogP contribution in [-0.2, 0) is 22.7 Å². The Hall–Kier alpha value is -3.14. The monoisotopic (exact) mass is 640 g/mol. The predicted molar refractivity (Wildman–Crippen MR) is 176 cm³/mol. The fourth-order valence-electron chi connectivity index (χ4n) is 7.04. The highest BCUT2D eigenvalue weighted by atomic mass is 35.5. The van der Waals surface area contributed by atoms with Gasteiger partial charge in [0.15, 0.2) is 0 Å². The van der Waals surface area contributed by atoms with Crippen molar-refractivity contribution in [3.05, 3.63) is 65.2 Å². The number of nitrogens with one attached hydrogen (secondary N) is 2. The van der Waals surface area contributed by atoms with Gasteiger partial charge in [-0.1, -0.05) is 56.9 Å². The second kappa shape index (κ2) is 15.4. The maximum atomic E-state index is 13.8. The molecular weight excluding hydrogens is 592 g/mol. The highest BCUT2D eigenvalue weighted by Gasteiger charge is 2.54. The van der Waals surface area contributed by atoms with Crippen LogP contribution in [0.5, 0.6) is 5.75 Å². The fourth-order valence-corrected chi connectivity index (χ4v) is 7.04. The van der Waals surface area contributed by atoms with Crippen LogP contribution in [0.25, 0.3) is 0 Å². The highest BCUT2D eigenvalue weighted by molar-refractivity contribution is 6.00. The summed E-state index contributed by atoms with van der Waals surface area (Å²) in [6, 6.07) is 14.8. The minimum absolute atomic E-state index is 0. The number of rotatable bonds is 11. The lowest BCUT2D eigenvalue weighted by atomic mass is 9.77. The molecule has 2 saturated heterocycles. The van der Waals surface area contributed by atoms with Gasteiger partial charge in [0.2, 0.25) is 11.8 Å². The first kappa shape index (κ1) is 34.7. The Morgan fingerprint density at radius 2 is 1.62 bits per heavy atom. The molecule has 1 spiro atoms. The molecule has 1 aliphatic carbocycles. The molecule has 0 bridgehead atoms. The van der Waals surface area contributed by atoms with Crippen molar-refractivity contribution in [3.63, 3.8) is 0 Å². The molecule has 1 saturated carbocycles. The van der Waals surface area contributed by atoms with Crippen LogP contribution in [0.1, 0.15) is 92.6 Å². The molecule has 0 aromatic heterocycles. The molecule has 0 unspecified atom stereocenters. The van der Waals surface area contributed by atoms with Crippen LogP contribution >= 0.6 is 12.4 Å². The molecule has 10 heteroatoms. The largest absolute Gasteiger partial charge is 0.489 e. The third-order valence-electron chi connectivity index (χ3n) is 9.77. The summed E-state index contributed by atoms with van der Waals surface area (Å²) >= 11 is 0. The van der Waals surface area contributed by atoms with Crippen LogP contribution < -0.4 is 15.4 Å². The Bertz CT molecular complexity index is 1290. The Balaban J connectivity index is 0.00000461. The number of carbonyl (C=O) groups is 3. The number of likely N-dealkylation sites (tertiary alicyclic amines) is 1. The van der Waals surface area contributed by atoms with E-state index in [9.17, 15) is 19.5 Å². The number of halogens is 1. The van der Waals surface area contributed by atoms with Crippen LogP contribution in [0.3, 0.4) is 0 Å². The second-order valence-electron chi connectivity index (χ2n) is 12.9. The molecule has 5 rings (SSSR count). The molecule has 2 aromatic carbocycles. The molecule has 1 atom stereocenters. The molecule has 3 fully saturated rings. The van der Waals surface area contributed by atoms with Gasteiger partial charge < -0.3 is 25.4 Å². The van der Waals surface area contributed by atoms with E-state index in [1.165, 1.54) is 0 Å². The van der Waals surface area contributed by atoms with Crippen molar-refractivity contribution in [1.82, 2.24) is 20.4 Å². The average Bonchev–Trinajstić information content (AvgIpc) is 3.04. The van der Waals surface area contributed by atoms with E-state index < -0.39 is 17.2 Å². The average molecular weight is 641 g/mol. The van der Waals surface area contributed by atoms with Gasteiger partial charge in [0.25, 0.3) is 5.91 Å². The minimum Gasteiger partial charge on any atom is -0.489 e. The van der Waals surface area contributed by atoms with Crippen molar-refractivity contribution in [2.75, 3.05) is 26.7 Å². The maximum Gasteiger partial charge on any atom is 0.251 e. The predicted octanol–water partition coefficient (Wildman–Crippen LogP) is 4.59. The van der Waals surface area contributed by atoms with Gasteiger partial charge in [0.05, 0.1) is 5.60 Å². The highest BCUT2D eigenvalue weighted by Crippen LogP contribution is 2.37. The fraction of sp³-hybridized carbons (Fsp3) is 0.571. The van der Waals surface area contributed by atoms with Gasteiger partial charge in [-0.25, -0.2) is 0 Å². The number of aliphatic hydroxyl groups is 1. The molecule has 2 aliphatic heterocycles. The number of amides is 3. The molecule has 246 valence electrons. The van der Waals surface area contributed by atoms with E-state index in [1.807, 2.05) is 29.2 Å². The number of nitrogens with zero attached hydrogens (tertiary/aromatic N) is 2. The van der Waals surface area contributed by atoms with E-state index in [2.05, 4.69) is 34.6 Å². The number of piperazine rings is 1. The van der Waals surface area contributed by atoms with Gasteiger partial charge in [0.1, 0.15) is 23.9 Å². The zero-order valence-electron chi connectivity index (χ0n) is 26.7. The standard InChI is InChI=1S/C35H48N4O5.ClH/c1-3-4-20-39-32(41)30(23-34(43)16-6-5-7-17-34)37-33(42)35(39)18-21-38(22-19-35)24-26-10-14-29(15-11-26)44-25-27-8-12-28(13-9-27)31(40)36-2;/h8-15,30,43H,3-7,16-25H2,1-2H3,(H,36,40)(H,37,42);1H/t30-;/m1./s1. The van der Waals surface area contributed by atoms with Gasteiger partial charge >= 0.3 is 0 Å². The summed E-state index contributed by atoms with van der Waals surface area (Å²) in [4.78, 5) is 43.5. The van der Waals surface area contributed by atoms with Gasteiger partial charge in [-0.3, -0.25) is 19.3 Å². The second-order valence-corrected chi connectivity index (χ2v) is 12.9. The summed E-state index contributed by atoms with van der Waals surface area (Å²) < 4.78 is 5.96. The molecule has 45 heavy (non-hydrogen) atoms. The number of ether oxygens (including phenoxy) is 1. The minimum atomic E-state index is -0.865. The van der Waals surface area contributed by atoms with Gasteiger partial charge in [-0.15, -0.1) is 12.4 Å². The Labute approximate surface area is 273 Å². The Morgan fingerprint density at radius 1 is 0.978 bits per heavy atom. The zero-order valence-corrected chi connectivity index (χ0v) is 27.5. The van der Waals surface area contributed by atoms with Crippen molar-refractivity contribution in [3.8, 4) is 5.75 Å². The summed E-state index contributed by atoms with van der Waals surface area (Å²) in [5, 5.41) is 16.8. The lowest BCUT2D eigenvalue weighted by molar-refractivity contribution is -0.163.